The molecule has 0 radical (unpaired) electrons. The van der Waals surface area contributed by atoms with Crippen LogP contribution in [0.5, 0.6) is 0 Å². The zero-order chi connectivity index (χ0) is 8.43. The number of esters is 1. The predicted molar refractivity (Wildman–Crippen MR) is 43.1 cm³/mol. The molecule has 1 rings (SSSR count). The van der Waals surface area contributed by atoms with E-state index in [1.807, 2.05) is 0 Å². The molecule has 0 bridgehead atoms. The van der Waals surface area contributed by atoms with Gasteiger partial charge in [0.25, 0.3) is 0 Å². The maximum Gasteiger partial charge on any atom is 0.324 e. The van der Waals surface area contributed by atoms with Gasteiger partial charge in [0.15, 0.2) is 0 Å². The second kappa shape index (κ2) is 3.61. The van der Waals surface area contributed by atoms with Crippen molar-refractivity contribution < 1.29 is 9.53 Å². The van der Waals surface area contributed by atoms with E-state index < -0.39 is 6.04 Å². The molecular weight excluding hydrogens is 189 g/mol. The predicted octanol–water partition coefficient (Wildman–Crippen LogP) is 0.346. The quantitative estimate of drug-likeness (QED) is 0.487. The smallest absolute Gasteiger partial charge is 0.324 e. The second-order valence-electron chi connectivity index (χ2n) is 2.37. The molecule has 11 heavy (non-hydrogen) atoms. The summed E-state index contributed by atoms with van der Waals surface area (Å²) in [6, 6.07) is -0.454. The average molecular weight is 198 g/mol. The van der Waals surface area contributed by atoms with Gasteiger partial charge in [0.1, 0.15) is 6.04 Å². The first-order valence-corrected chi connectivity index (χ1v) is 4.13. The van der Waals surface area contributed by atoms with Gasteiger partial charge in [-0.05, 0) is 0 Å². The number of hydrogen-bond acceptors (Lipinski definition) is 3. The largest absolute Gasteiger partial charge is 0.468 e. The highest BCUT2D eigenvalue weighted by Crippen LogP contribution is 2.20. The van der Waals surface area contributed by atoms with Crippen LogP contribution in [-0.2, 0) is 9.53 Å². The van der Waals surface area contributed by atoms with Gasteiger partial charge in [-0.1, -0.05) is 0 Å². The Morgan fingerprint density at radius 2 is 2.27 bits per heavy atom. The van der Waals surface area contributed by atoms with Crippen LogP contribution < -0.4 is 5.32 Å². The van der Waals surface area contributed by atoms with Crippen molar-refractivity contribution in [1.29, 1.82) is 0 Å². The molecule has 5 heteroatoms. The number of ether oxygens (including phenoxy) is 1. The van der Waals surface area contributed by atoms with Gasteiger partial charge in [-0.15, -0.1) is 23.2 Å². The van der Waals surface area contributed by atoms with Crippen LogP contribution in [0.3, 0.4) is 0 Å². The van der Waals surface area contributed by atoms with Gasteiger partial charge in [-0.3, -0.25) is 4.79 Å². The van der Waals surface area contributed by atoms with Crippen molar-refractivity contribution in [3.8, 4) is 0 Å². The third-order valence-electron chi connectivity index (χ3n) is 1.65. The molecule has 0 aromatic rings. The average Bonchev–Trinajstić information content (AvgIpc) is 2.32. The van der Waals surface area contributed by atoms with E-state index in [9.17, 15) is 4.79 Å². The minimum atomic E-state index is -0.454. The highest BCUT2D eigenvalue weighted by Gasteiger charge is 2.38. The molecule has 0 aromatic heterocycles. The highest BCUT2D eigenvalue weighted by molar-refractivity contribution is 6.31. The number of hydrogen-bond donors (Lipinski definition) is 1. The number of methoxy groups -OCH3 is 1. The van der Waals surface area contributed by atoms with Crippen molar-refractivity contribution in [2.75, 3.05) is 13.7 Å². The lowest BCUT2D eigenvalue weighted by Gasteiger charge is -2.11. The Balaban J connectivity index is 2.54. The lowest BCUT2D eigenvalue weighted by molar-refractivity contribution is -0.142. The molecule has 0 spiro atoms. The number of carbonyl (C=O) groups excluding carboxylic acids is 1. The monoisotopic (exact) mass is 197 g/mol. The van der Waals surface area contributed by atoms with Crippen LogP contribution in [0.15, 0.2) is 0 Å². The van der Waals surface area contributed by atoms with Crippen LogP contribution in [0, 0.1) is 0 Å². The molecule has 1 N–H and O–H groups in total. The minimum absolute atomic E-state index is 0.194. The van der Waals surface area contributed by atoms with Gasteiger partial charge in [-0.2, -0.15) is 0 Å². The second-order valence-corrected chi connectivity index (χ2v) is 3.43. The number of rotatable bonds is 1. The summed E-state index contributed by atoms with van der Waals surface area (Å²) in [6.45, 7) is 0.551. The van der Waals surface area contributed by atoms with Crippen molar-refractivity contribution in [1.82, 2.24) is 5.32 Å². The van der Waals surface area contributed by atoms with E-state index in [0.717, 1.165) is 0 Å². The van der Waals surface area contributed by atoms with Crippen LogP contribution in [0.25, 0.3) is 0 Å². The molecule has 0 aromatic carbocycles. The SMILES string of the molecule is COC(=O)[C@@H]1NC[C@H](Cl)[C@@H]1Cl. The fourth-order valence-electron chi connectivity index (χ4n) is 1.01. The van der Waals surface area contributed by atoms with E-state index in [-0.39, 0.29) is 16.7 Å². The first kappa shape index (κ1) is 9.10. The van der Waals surface area contributed by atoms with E-state index in [0.29, 0.717) is 6.54 Å². The summed E-state index contributed by atoms with van der Waals surface area (Å²) in [4.78, 5) is 10.9. The first-order chi connectivity index (χ1) is 5.16. The van der Waals surface area contributed by atoms with Crippen molar-refractivity contribution >= 4 is 29.2 Å². The molecule has 0 aliphatic carbocycles. The summed E-state index contributed by atoms with van der Waals surface area (Å²) in [6.07, 6.45) is 0. The summed E-state index contributed by atoms with van der Waals surface area (Å²) in [7, 11) is 1.33. The van der Waals surface area contributed by atoms with E-state index >= 15 is 0 Å². The van der Waals surface area contributed by atoms with E-state index in [1.165, 1.54) is 7.11 Å². The lowest BCUT2D eigenvalue weighted by Crippen LogP contribution is -2.37. The van der Waals surface area contributed by atoms with Gasteiger partial charge in [0.05, 0.1) is 17.9 Å². The maximum absolute atomic E-state index is 10.9. The normalized spacial score (nSPS) is 37.2. The van der Waals surface area contributed by atoms with Crippen molar-refractivity contribution in [2.45, 2.75) is 16.8 Å². The molecule has 1 aliphatic heterocycles. The maximum atomic E-state index is 10.9. The molecule has 1 heterocycles. The summed E-state index contributed by atoms with van der Waals surface area (Å²) in [5.41, 5.74) is 0. The topological polar surface area (TPSA) is 38.3 Å². The van der Waals surface area contributed by atoms with Gasteiger partial charge >= 0.3 is 5.97 Å². The minimum Gasteiger partial charge on any atom is -0.468 e. The Labute approximate surface area is 75.0 Å². The van der Waals surface area contributed by atoms with Crippen molar-refractivity contribution in [2.24, 2.45) is 0 Å². The van der Waals surface area contributed by atoms with Gasteiger partial charge in [0, 0.05) is 6.54 Å². The molecule has 3 nitrogen and oxygen atoms in total. The molecule has 1 saturated heterocycles. The summed E-state index contributed by atoms with van der Waals surface area (Å²) in [5.74, 6) is -0.354. The van der Waals surface area contributed by atoms with Crippen LogP contribution >= 0.6 is 23.2 Å². The lowest BCUT2D eigenvalue weighted by atomic mass is 10.2. The number of halogens is 2. The zero-order valence-corrected chi connectivity index (χ0v) is 7.52. The van der Waals surface area contributed by atoms with Crippen LogP contribution in [0.1, 0.15) is 0 Å². The first-order valence-electron chi connectivity index (χ1n) is 3.26. The number of nitrogens with one attached hydrogen (secondary N) is 1. The van der Waals surface area contributed by atoms with E-state index in [4.69, 9.17) is 23.2 Å². The highest BCUT2D eigenvalue weighted by atomic mass is 35.5. The Morgan fingerprint density at radius 3 is 2.64 bits per heavy atom. The molecule has 1 aliphatic rings. The van der Waals surface area contributed by atoms with Gasteiger partial charge in [-0.25, -0.2) is 0 Å². The standard InChI is InChI=1S/C6H9Cl2NO2/c1-11-6(10)5-4(8)3(7)2-9-5/h3-5,9H,2H2,1H3/t3-,4-,5+/m0/s1. The van der Waals surface area contributed by atoms with Crippen molar-refractivity contribution in [3.63, 3.8) is 0 Å². The number of carbonyl (C=O) groups is 1. The fourth-order valence-corrected chi connectivity index (χ4v) is 1.53. The van der Waals surface area contributed by atoms with Crippen LogP contribution in [0.2, 0.25) is 0 Å². The molecule has 64 valence electrons. The Hall–Kier alpha value is 0.01000. The Bertz CT molecular complexity index is 165. The molecule has 3 atom stereocenters. The van der Waals surface area contributed by atoms with E-state index in [2.05, 4.69) is 10.1 Å². The summed E-state index contributed by atoms with van der Waals surface area (Å²) in [5, 5.41) is 2.30. The molecule has 0 saturated carbocycles. The third-order valence-corrected chi connectivity index (χ3v) is 2.76. The molecule has 0 unspecified atom stereocenters. The molecular formula is C6H9Cl2NO2. The Kier molecular flexibility index (Phi) is 2.98. The van der Waals surface area contributed by atoms with E-state index in [1.54, 1.807) is 0 Å². The van der Waals surface area contributed by atoms with Crippen LogP contribution in [-0.4, -0.2) is 36.4 Å². The van der Waals surface area contributed by atoms with Crippen LogP contribution in [0.4, 0.5) is 0 Å². The number of alkyl halides is 2. The van der Waals surface area contributed by atoms with Crippen molar-refractivity contribution in [3.05, 3.63) is 0 Å². The fraction of sp³-hybridized carbons (Fsp3) is 0.833. The molecule has 0 amide bonds. The summed E-state index contributed by atoms with van der Waals surface area (Å²) < 4.78 is 4.51. The van der Waals surface area contributed by atoms with Gasteiger partial charge < -0.3 is 10.1 Å². The summed E-state index contributed by atoms with van der Waals surface area (Å²) >= 11 is 11.6. The third kappa shape index (κ3) is 1.78. The molecule has 1 fully saturated rings. The Morgan fingerprint density at radius 1 is 1.64 bits per heavy atom. The zero-order valence-electron chi connectivity index (χ0n) is 6.01. The van der Waals surface area contributed by atoms with Gasteiger partial charge in [0.2, 0.25) is 0 Å².